The molecule has 2 heterocycles. The van der Waals surface area contributed by atoms with E-state index in [1.807, 2.05) is 30.1 Å². The van der Waals surface area contributed by atoms with Gasteiger partial charge in [-0.3, -0.25) is 10.1 Å². The number of nitrogens with one attached hydrogen (secondary N) is 2. The van der Waals surface area contributed by atoms with Gasteiger partial charge >= 0.3 is 5.76 Å². The first-order valence-corrected chi connectivity index (χ1v) is 5.75. The van der Waals surface area contributed by atoms with Crippen LogP contribution in [-0.2, 0) is 6.54 Å². The molecular formula is C12H13N5O2. The fourth-order valence-electron chi connectivity index (χ4n) is 1.98. The van der Waals surface area contributed by atoms with Gasteiger partial charge in [-0.2, -0.15) is 5.10 Å². The Morgan fingerprint density at radius 2 is 2.26 bits per heavy atom. The molecule has 0 bridgehead atoms. The van der Waals surface area contributed by atoms with Crippen LogP contribution in [0.5, 0.6) is 0 Å². The number of rotatable bonds is 3. The highest BCUT2D eigenvalue weighted by Gasteiger charge is 2.07. The smallest absolute Gasteiger partial charge is 0.408 e. The maximum atomic E-state index is 11.1. The molecule has 3 rings (SSSR count). The maximum Gasteiger partial charge on any atom is 0.417 e. The number of fused-ring (bicyclic) bond motifs is 1. The first-order valence-electron chi connectivity index (χ1n) is 5.75. The molecular weight excluding hydrogens is 246 g/mol. The van der Waals surface area contributed by atoms with Gasteiger partial charge in [0.15, 0.2) is 5.58 Å². The van der Waals surface area contributed by atoms with Gasteiger partial charge in [0.25, 0.3) is 0 Å². The van der Waals surface area contributed by atoms with Crippen molar-refractivity contribution in [2.24, 2.45) is 0 Å². The van der Waals surface area contributed by atoms with E-state index in [1.165, 1.54) is 0 Å². The number of anilines is 2. The van der Waals surface area contributed by atoms with Crippen LogP contribution in [0.4, 0.5) is 11.5 Å². The number of oxazole rings is 1. The average molecular weight is 259 g/mol. The van der Waals surface area contributed by atoms with Gasteiger partial charge in [0.05, 0.1) is 17.8 Å². The summed E-state index contributed by atoms with van der Waals surface area (Å²) in [7, 11) is 1.93. The molecule has 0 unspecified atom stereocenters. The summed E-state index contributed by atoms with van der Waals surface area (Å²) in [6.45, 7) is 0.629. The normalized spacial score (nSPS) is 11.0. The SMILES string of the molecule is CN(Cc1cc(N)n[nH]1)c1ccc2[nH]c(=O)oc2c1. The Morgan fingerprint density at radius 1 is 1.42 bits per heavy atom. The number of hydrogen-bond acceptors (Lipinski definition) is 5. The third kappa shape index (κ3) is 2.17. The van der Waals surface area contributed by atoms with Crippen molar-refractivity contribution in [1.82, 2.24) is 15.2 Å². The van der Waals surface area contributed by atoms with E-state index in [4.69, 9.17) is 10.2 Å². The predicted octanol–water partition coefficient (Wildman–Crippen LogP) is 1.06. The van der Waals surface area contributed by atoms with Gasteiger partial charge in [-0.25, -0.2) is 4.79 Å². The summed E-state index contributed by atoms with van der Waals surface area (Å²) in [6, 6.07) is 7.32. The Morgan fingerprint density at radius 3 is 3.00 bits per heavy atom. The zero-order valence-corrected chi connectivity index (χ0v) is 10.3. The lowest BCUT2D eigenvalue weighted by Gasteiger charge is -2.17. The summed E-state index contributed by atoms with van der Waals surface area (Å²) < 4.78 is 5.04. The first-order chi connectivity index (χ1) is 9.11. The molecule has 0 atom stereocenters. The number of nitrogen functional groups attached to an aromatic ring is 1. The molecule has 0 amide bonds. The number of hydrogen-bond donors (Lipinski definition) is 3. The van der Waals surface area contributed by atoms with E-state index < -0.39 is 5.76 Å². The van der Waals surface area contributed by atoms with Crippen LogP contribution < -0.4 is 16.4 Å². The Bertz CT molecular complexity index is 770. The lowest BCUT2D eigenvalue weighted by Crippen LogP contribution is -2.16. The van der Waals surface area contributed by atoms with Crippen LogP contribution in [0, 0.1) is 0 Å². The minimum absolute atomic E-state index is 0.448. The predicted molar refractivity (Wildman–Crippen MR) is 71.9 cm³/mol. The highest BCUT2D eigenvalue weighted by atomic mass is 16.4. The van der Waals surface area contributed by atoms with E-state index >= 15 is 0 Å². The zero-order chi connectivity index (χ0) is 13.4. The minimum atomic E-state index is -0.448. The summed E-state index contributed by atoms with van der Waals surface area (Å²) >= 11 is 0. The fourth-order valence-corrected chi connectivity index (χ4v) is 1.98. The Balaban J connectivity index is 1.88. The number of aromatic nitrogens is 3. The van der Waals surface area contributed by atoms with Gasteiger partial charge < -0.3 is 15.1 Å². The van der Waals surface area contributed by atoms with Gasteiger partial charge in [0.2, 0.25) is 0 Å². The largest absolute Gasteiger partial charge is 0.417 e. The van der Waals surface area contributed by atoms with E-state index in [2.05, 4.69) is 15.2 Å². The maximum absolute atomic E-state index is 11.1. The van der Waals surface area contributed by atoms with Crippen LogP contribution in [0.1, 0.15) is 5.69 Å². The van der Waals surface area contributed by atoms with E-state index in [9.17, 15) is 4.79 Å². The summed E-state index contributed by atoms with van der Waals surface area (Å²) in [4.78, 5) is 15.7. The molecule has 4 N–H and O–H groups in total. The standard InChI is InChI=1S/C12H13N5O2/c1-17(6-7-4-11(13)16-15-7)8-2-3-9-10(5-8)19-12(18)14-9/h2-5H,6H2,1H3,(H,14,18)(H3,13,15,16). The van der Waals surface area contributed by atoms with Crippen LogP contribution in [0.2, 0.25) is 0 Å². The zero-order valence-electron chi connectivity index (χ0n) is 10.3. The molecule has 7 heteroatoms. The lowest BCUT2D eigenvalue weighted by molar-refractivity contribution is 0.555. The molecule has 0 saturated heterocycles. The number of aromatic amines is 2. The van der Waals surface area contributed by atoms with Crippen molar-refractivity contribution in [2.75, 3.05) is 17.7 Å². The number of benzene rings is 1. The minimum Gasteiger partial charge on any atom is -0.408 e. The Kier molecular flexibility index (Phi) is 2.52. The van der Waals surface area contributed by atoms with E-state index in [1.54, 1.807) is 6.07 Å². The molecule has 19 heavy (non-hydrogen) atoms. The Labute approximate surface area is 108 Å². The second-order valence-corrected chi connectivity index (χ2v) is 4.37. The molecule has 7 nitrogen and oxygen atoms in total. The molecule has 3 aromatic rings. The van der Waals surface area contributed by atoms with Crippen LogP contribution >= 0.6 is 0 Å². The molecule has 0 aliphatic rings. The van der Waals surface area contributed by atoms with Gasteiger partial charge in [-0.05, 0) is 12.1 Å². The summed E-state index contributed by atoms with van der Waals surface area (Å²) in [5.41, 5.74) is 8.63. The summed E-state index contributed by atoms with van der Waals surface area (Å²) in [5.74, 6) is 0.0200. The quantitative estimate of drug-likeness (QED) is 0.652. The van der Waals surface area contributed by atoms with Gasteiger partial charge in [-0.15, -0.1) is 0 Å². The third-order valence-electron chi connectivity index (χ3n) is 2.90. The van der Waals surface area contributed by atoms with Gasteiger partial charge in [-0.1, -0.05) is 0 Å². The molecule has 0 saturated carbocycles. The molecule has 0 fully saturated rings. The van der Waals surface area contributed by atoms with E-state index in [-0.39, 0.29) is 0 Å². The van der Waals surface area contributed by atoms with Crippen LogP contribution in [0.3, 0.4) is 0 Å². The Hall–Kier alpha value is -2.70. The molecule has 0 radical (unpaired) electrons. The molecule has 0 spiro atoms. The summed E-state index contributed by atoms with van der Waals surface area (Å²) in [6.07, 6.45) is 0. The van der Waals surface area contributed by atoms with Crippen molar-refractivity contribution < 1.29 is 4.42 Å². The molecule has 98 valence electrons. The highest BCUT2D eigenvalue weighted by molar-refractivity contribution is 5.76. The van der Waals surface area contributed by atoms with Gasteiger partial charge in [0, 0.05) is 24.9 Å². The molecule has 0 aliphatic heterocycles. The topological polar surface area (TPSA) is 104 Å². The summed E-state index contributed by atoms with van der Waals surface area (Å²) in [5, 5.41) is 6.73. The van der Waals surface area contributed by atoms with Crippen molar-refractivity contribution in [2.45, 2.75) is 6.54 Å². The van der Waals surface area contributed by atoms with Crippen molar-refractivity contribution in [3.63, 3.8) is 0 Å². The second kappa shape index (κ2) is 4.20. The number of H-pyrrole nitrogens is 2. The van der Waals surface area contributed by atoms with E-state index in [0.717, 1.165) is 11.4 Å². The molecule has 0 aliphatic carbocycles. The fraction of sp³-hybridized carbons (Fsp3) is 0.167. The van der Waals surface area contributed by atoms with Crippen LogP contribution in [0.25, 0.3) is 11.1 Å². The molecule has 1 aromatic carbocycles. The van der Waals surface area contributed by atoms with Crippen molar-refractivity contribution >= 4 is 22.6 Å². The first kappa shape index (κ1) is 11.4. The monoisotopic (exact) mass is 259 g/mol. The number of nitrogens with two attached hydrogens (primary N) is 1. The van der Waals surface area contributed by atoms with Crippen LogP contribution in [0.15, 0.2) is 33.5 Å². The van der Waals surface area contributed by atoms with Crippen molar-refractivity contribution in [1.29, 1.82) is 0 Å². The third-order valence-corrected chi connectivity index (χ3v) is 2.90. The molecule has 2 aromatic heterocycles. The lowest BCUT2D eigenvalue weighted by atomic mass is 10.2. The van der Waals surface area contributed by atoms with E-state index in [0.29, 0.717) is 23.5 Å². The highest BCUT2D eigenvalue weighted by Crippen LogP contribution is 2.20. The number of nitrogens with zero attached hydrogens (tertiary/aromatic N) is 2. The van der Waals surface area contributed by atoms with Crippen LogP contribution in [-0.4, -0.2) is 22.2 Å². The average Bonchev–Trinajstić information content (AvgIpc) is 2.93. The second-order valence-electron chi connectivity index (χ2n) is 4.37. The van der Waals surface area contributed by atoms with Crippen molar-refractivity contribution in [3.8, 4) is 0 Å². The van der Waals surface area contributed by atoms with Crippen molar-refractivity contribution in [3.05, 3.63) is 40.5 Å². The van der Waals surface area contributed by atoms with Gasteiger partial charge in [0.1, 0.15) is 5.82 Å².